The lowest BCUT2D eigenvalue weighted by atomic mass is 10.4. The minimum atomic E-state index is 0.315. The van der Waals surface area contributed by atoms with E-state index >= 15 is 0 Å². The molecule has 1 nitrogen and oxygen atoms in total. The molecule has 0 N–H and O–H groups in total. The quantitative estimate of drug-likeness (QED) is 0.414. The van der Waals surface area contributed by atoms with Crippen LogP contribution in [0.4, 0.5) is 0 Å². The summed E-state index contributed by atoms with van der Waals surface area (Å²) in [6, 6.07) is 0.315. The van der Waals surface area contributed by atoms with Gasteiger partial charge in [0.2, 0.25) is 0 Å². The fourth-order valence-corrected chi connectivity index (χ4v) is 0.767. The van der Waals surface area contributed by atoms with Crippen molar-refractivity contribution in [1.82, 2.24) is 0 Å². The fraction of sp³-hybridized carbons (Fsp3) is 0.800. The van der Waals surface area contributed by atoms with Crippen molar-refractivity contribution in [2.75, 3.05) is 6.26 Å². The molecule has 0 aromatic carbocycles. The highest BCUT2D eigenvalue weighted by atomic mass is 35.5. The average Bonchev–Trinajstić information content (AvgIpc) is 1.65. The van der Waals surface area contributed by atoms with Crippen molar-refractivity contribution >= 4 is 27.9 Å². The third kappa shape index (κ3) is 4.47. The molecule has 0 saturated heterocycles. The Morgan fingerprint density at radius 1 is 1.62 bits per heavy atom. The lowest BCUT2D eigenvalue weighted by Crippen LogP contribution is -1.90. The molecule has 0 unspecified atom stereocenters. The van der Waals surface area contributed by atoms with Crippen molar-refractivity contribution in [3.05, 3.63) is 0 Å². The molecule has 0 aliphatic heterocycles. The van der Waals surface area contributed by atoms with Gasteiger partial charge in [0, 0.05) is 6.04 Å². The maximum absolute atomic E-state index is 5.57. The van der Waals surface area contributed by atoms with Crippen LogP contribution in [-0.4, -0.2) is 16.8 Å². The minimum absolute atomic E-state index is 0.315. The second kappa shape index (κ2) is 4.21. The van der Waals surface area contributed by atoms with E-state index in [1.54, 1.807) is 0 Å². The third-order valence-corrected chi connectivity index (χ3v) is 1.53. The summed E-state index contributed by atoms with van der Waals surface area (Å²) in [6.07, 6.45) is 1.91. The normalized spacial score (nSPS) is 12.9. The van der Waals surface area contributed by atoms with Crippen LogP contribution < -0.4 is 0 Å². The number of halogens is 1. The highest BCUT2D eigenvalue weighted by molar-refractivity contribution is 8.16. The van der Waals surface area contributed by atoms with E-state index in [0.29, 0.717) is 10.5 Å². The van der Waals surface area contributed by atoms with Gasteiger partial charge in [0.05, 0.1) is 0 Å². The lowest BCUT2D eigenvalue weighted by molar-refractivity contribution is 0.842. The molecule has 0 rings (SSSR count). The Kier molecular flexibility index (Phi) is 4.38. The van der Waals surface area contributed by atoms with Crippen LogP contribution in [0.5, 0.6) is 0 Å². The van der Waals surface area contributed by atoms with E-state index in [-0.39, 0.29) is 0 Å². The van der Waals surface area contributed by atoms with Crippen LogP contribution in [-0.2, 0) is 0 Å². The highest BCUT2D eigenvalue weighted by Crippen LogP contribution is 2.04. The summed E-state index contributed by atoms with van der Waals surface area (Å²) in [4.78, 5) is 4.04. The predicted molar refractivity (Wildman–Crippen MR) is 41.9 cm³/mol. The standard InChI is InChI=1S/C5H10ClNS/c1-4(2)7-5(6)8-3/h4H,1-3H3. The van der Waals surface area contributed by atoms with Gasteiger partial charge in [-0.15, -0.1) is 0 Å². The van der Waals surface area contributed by atoms with Crippen LogP contribution in [0.3, 0.4) is 0 Å². The van der Waals surface area contributed by atoms with Crippen molar-refractivity contribution < 1.29 is 0 Å². The molecule has 0 aromatic rings. The van der Waals surface area contributed by atoms with Gasteiger partial charge in [0.1, 0.15) is 0 Å². The highest BCUT2D eigenvalue weighted by Gasteiger charge is 1.90. The second-order valence-electron chi connectivity index (χ2n) is 1.68. The van der Waals surface area contributed by atoms with Crippen LogP contribution >= 0.6 is 23.4 Å². The zero-order valence-electron chi connectivity index (χ0n) is 5.31. The summed E-state index contributed by atoms with van der Waals surface area (Å²) in [7, 11) is 0. The number of hydrogen-bond acceptors (Lipinski definition) is 2. The van der Waals surface area contributed by atoms with E-state index in [2.05, 4.69) is 4.99 Å². The number of thioether (sulfide) groups is 1. The van der Waals surface area contributed by atoms with Gasteiger partial charge in [-0.1, -0.05) is 23.4 Å². The number of nitrogens with zero attached hydrogens (tertiary/aromatic N) is 1. The topological polar surface area (TPSA) is 12.4 Å². The first-order valence-electron chi connectivity index (χ1n) is 2.44. The molecule has 0 aromatic heterocycles. The molecule has 0 atom stereocenters. The van der Waals surface area contributed by atoms with E-state index in [9.17, 15) is 0 Å². The number of hydrogen-bond donors (Lipinski definition) is 0. The first kappa shape index (κ1) is 8.31. The van der Waals surface area contributed by atoms with Crippen LogP contribution in [0.25, 0.3) is 0 Å². The molecule has 0 radical (unpaired) electrons. The molecule has 0 heterocycles. The van der Waals surface area contributed by atoms with Crippen molar-refractivity contribution in [1.29, 1.82) is 0 Å². The Morgan fingerprint density at radius 3 is 2.25 bits per heavy atom. The van der Waals surface area contributed by atoms with Gasteiger partial charge in [0.25, 0.3) is 0 Å². The molecular weight excluding hydrogens is 142 g/mol. The van der Waals surface area contributed by atoms with Crippen LogP contribution in [0.2, 0.25) is 0 Å². The lowest BCUT2D eigenvalue weighted by Gasteiger charge is -1.94. The molecule has 48 valence electrons. The molecular formula is C5H10ClNS. The summed E-state index contributed by atoms with van der Waals surface area (Å²) in [6.45, 7) is 4.00. The van der Waals surface area contributed by atoms with Crippen LogP contribution in [0.1, 0.15) is 13.8 Å². The number of aliphatic imine (C=N–C) groups is 1. The first-order chi connectivity index (χ1) is 3.66. The largest absolute Gasteiger partial charge is 0.265 e. The van der Waals surface area contributed by atoms with Crippen LogP contribution in [0, 0.1) is 0 Å². The Labute approximate surface area is 59.5 Å². The maximum atomic E-state index is 5.57. The predicted octanol–water partition coefficient (Wildman–Crippen LogP) is 2.35. The summed E-state index contributed by atoms with van der Waals surface area (Å²) < 4.78 is 0.639. The second-order valence-corrected chi connectivity index (χ2v) is 3.06. The monoisotopic (exact) mass is 151 g/mol. The van der Waals surface area contributed by atoms with E-state index in [0.717, 1.165) is 0 Å². The SMILES string of the molecule is CSC(Cl)=NC(C)C. The van der Waals surface area contributed by atoms with Gasteiger partial charge in [-0.25, -0.2) is 0 Å². The molecule has 0 saturated carbocycles. The van der Waals surface area contributed by atoms with Gasteiger partial charge < -0.3 is 0 Å². The molecule has 8 heavy (non-hydrogen) atoms. The van der Waals surface area contributed by atoms with Gasteiger partial charge >= 0.3 is 0 Å². The molecule has 0 aliphatic rings. The smallest absolute Gasteiger partial charge is 0.158 e. The van der Waals surface area contributed by atoms with Crippen molar-refractivity contribution in [3.63, 3.8) is 0 Å². The zero-order chi connectivity index (χ0) is 6.57. The van der Waals surface area contributed by atoms with E-state index < -0.39 is 0 Å². The summed E-state index contributed by atoms with van der Waals surface area (Å²) >= 11 is 7.04. The third-order valence-electron chi connectivity index (χ3n) is 0.528. The summed E-state index contributed by atoms with van der Waals surface area (Å²) in [5.74, 6) is 0. The minimum Gasteiger partial charge on any atom is -0.265 e. The van der Waals surface area contributed by atoms with E-state index in [4.69, 9.17) is 11.6 Å². The zero-order valence-corrected chi connectivity index (χ0v) is 6.88. The van der Waals surface area contributed by atoms with Gasteiger partial charge in [-0.2, -0.15) is 0 Å². The molecule has 0 fully saturated rings. The van der Waals surface area contributed by atoms with Crippen molar-refractivity contribution in [2.45, 2.75) is 19.9 Å². The van der Waals surface area contributed by atoms with E-state index in [1.807, 2.05) is 20.1 Å². The molecule has 0 spiro atoms. The Hall–Kier alpha value is 0.310. The molecule has 0 bridgehead atoms. The Bertz CT molecular complexity index is 90.4. The Morgan fingerprint density at radius 2 is 2.12 bits per heavy atom. The average molecular weight is 152 g/mol. The molecule has 3 heteroatoms. The Balaban J connectivity index is 3.56. The fourth-order valence-electron chi connectivity index (χ4n) is 0.256. The van der Waals surface area contributed by atoms with Crippen LogP contribution in [0.15, 0.2) is 4.99 Å². The summed E-state index contributed by atoms with van der Waals surface area (Å²) in [5, 5.41) is 0. The maximum Gasteiger partial charge on any atom is 0.158 e. The van der Waals surface area contributed by atoms with Gasteiger partial charge in [-0.05, 0) is 20.1 Å². The van der Waals surface area contributed by atoms with Gasteiger partial charge in [0.15, 0.2) is 4.50 Å². The number of rotatable bonds is 1. The van der Waals surface area contributed by atoms with Crippen molar-refractivity contribution in [3.8, 4) is 0 Å². The molecule has 0 amide bonds. The molecule has 0 aliphatic carbocycles. The first-order valence-corrected chi connectivity index (χ1v) is 4.04. The van der Waals surface area contributed by atoms with E-state index in [1.165, 1.54) is 11.8 Å². The summed E-state index contributed by atoms with van der Waals surface area (Å²) in [5.41, 5.74) is 0. The van der Waals surface area contributed by atoms with Gasteiger partial charge in [-0.3, -0.25) is 4.99 Å². The van der Waals surface area contributed by atoms with Crippen molar-refractivity contribution in [2.24, 2.45) is 4.99 Å².